The number of sulfonamides is 1. The van der Waals surface area contributed by atoms with Crippen molar-refractivity contribution in [3.63, 3.8) is 0 Å². The van der Waals surface area contributed by atoms with Crippen molar-refractivity contribution in [2.75, 3.05) is 13.1 Å². The van der Waals surface area contributed by atoms with Crippen LogP contribution in [0.25, 0.3) is 0 Å². The molecule has 9 nitrogen and oxygen atoms in total. The highest BCUT2D eigenvalue weighted by atomic mass is 35.5. The van der Waals surface area contributed by atoms with E-state index in [1.165, 1.54) is 47.4 Å². The number of benzene rings is 2. The molecule has 0 aliphatic carbocycles. The van der Waals surface area contributed by atoms with Gasteiger partial charge in [0.1, 0.15) is 16.8 Å². The molecule has 0 radical (unpaired) electrons. The van der Waals surface area contributed by atoms with Crippen molar-refractivity contribution in [1.29, 1.82) is 0 Å². The largest absolute Gasteiger partial charge is 0.366 e. The smallest absolute Gasteiger partial charge is 0.261 e. The number of amides is 3. The number of fused-ring (bicyclic) bond motifs is 1. The normalized spacial score (nSPS) is 22.9. The van der Waals surface area contributed by atoms with Gasteiger partial charge in [-0.1, -0.05) is 35.3 Å². The van der Waals surface area contributed by atoms with Gasteiger partial charge in [0.05, 0.1) is 11.6 Å². The van der Waals surface area contributed by atoms with Crippen LogP contribution in [-0.4, -0.2) is 71.1 Å². The van der Waals surface area contributed by atoms with E-state index in [9.17, 15) is 27.2 Å². The number of halogens is 3. The van der Waals surface area contributed by atoms with Crippen LogP contribution in [-0.2, 0) is 30.8 Å². The van der Waals surface area contributed by atoms with Gasteiger partial charge in [0.15, 0.2) is 0 Å². The second-order valence-corrected chi connectivity index (χ2v) is 11.9. The molecule has 2 aromatic carbocycles. The second-order valence-electron chi connectivity index (χ2n) is 9.25. The summed E-state index contributed by atoms with van der Waals surface area (Å²) < 4.78 is 42.3. The van der Waals surface area contributed by atoms with Crippen LogP contribution in [0.15, 0.2) is 47.4 Å². The molecule has 198 valence electrons. The molecular weight excluding hydrogens is 546 g/mol. The van der Waals surface area contributed by atoms with Crippen LogP contribution in [0.5, 0.6) is 0 Å². The zero-order valence-corrected chi connectivity index (χ0v) is 22.4. The van der Waals surface area contributed by atoms with Gasteiger partial charge in [0.25, 0.3) is 5.91 Å². The highest BCUT2D eigenvalue weighted by Crippen LogP contribution is 2.41. The minimum atomic E-state index is -4.51. The lowest BCUT2D eigenvalue weighted by molar-refractivity contribution is -0.186. The summed E-state index contributed by atoms with van der Waals surface area (Å²) in [6, 6.07) is 7.41. The van der Waals surface area contributed by atoms with Gasteiger partial charge in [-0.05, 0) is 49.7 Å². The number of piperazine rings is 1. The molecule has 2 aliphatic heterocycles. The molecular formula is C24H25Cl2FN4O5S. The van der Waals surface area contributed by atoms with E-state index in [1.54, 1.807) is 13.8 Å². The first kappa shape index (κ1) is 27.3. The summed E-state index contributed by atoms with van der Waals surface area (Å²) in [7, 11) is -4.51. The number of nitrogens with two attached hydrogens (primary N) is 1. The summed E-state index contributed by atoms with van der Waals surface area (Å²) >= 11 is 12.2. The first-order chi connectivity index (χ1) is 17.3. The zero-order valence-electron chi connectivity index (χ0n) is 20.0. The minimum absolute atomic E-state index is 0.0846. The third-order valence-corrected chi connectivity index (χ3v) is 9.34. The topological polar surface area (TPSA) is 121 Å². The van der Waals surface area contributed by atoms with Gasteiger partial charge in [0.2, 0.25) is 27.5 Å². The SMILES string of the molecule is CC(C)N1CC2(C(N)=O)N(C(=O)CCN2S(=O)(=O)c2ccc(Cl)cc2Cl)C(Cc2ccc(F)cc2)C1=O. The third-order valence-electron chi connectivity index (χ3n) is 6.70. The van der Waals surface area contributed by atoms with Crippen LogP contribution in [0.2, 0.25) is 10.0 Å². The van der Waals surface area contributed by atoms with Crippen molar-refractivity contribution in [3.05, 3.63) is 63.9 Å². The number of rotatable bonds is 6. The van der Waals surface area contributed by atoms with E-state index >= 15 is 0 Å². The molecule has 2 aromatic rings. The number of carbonyl (C=O) groups is 3. The Morgan fingerprint density at radius 2 is 1.81 bits per heavy atom. The van der Waals surface area contributed by atoms with Crippen molar-refractivity contribution in [2.45, 2.75) is 49.3 Å². The van der Waals surface area contributed by atoms with Crippen molar-refractivity contribution < 1.29 is 27.2 Å². The van der Waals surface area contributed by atoms with E-state index in [1.807, 2.05) is 0 Å². The quantitative estimate of drug-likeness (QED) is 0.571. The van der Waals surface area contributed by atoms with E-state index < -0.39 is 57.9 Å². The maximum absolute atomic E-state index is 14.0. The number of primary amides is 1. The maximum Gasteiger partial charge on any atom is 0.261 e. The van der Waals surface area contributed by atoms with Crippen molar-refractivity contribution in [3.8, 4) is 0 Å². The van der Waals surface area contributed by atoms with E-state index in [0.29, 0.717) is 5.56 Å². The van der Waals surface area contributed by atoms with Crippen LogP contribution in [0.4, 0.5) is 4.39 Å². The Labute approximate surface area is 223 Å². The molecule has 37 heavy (non-hydrogen) atoms. The highest BCUT2D eigenvalue weighted by Gasteiger charge is 2.64. The molecule has 2 atom stereocenters. The molecule has 2 saturated heterocycles. The predicted molar refractivity (Wildman–Crippen MR) is 134 cm³/mol. The molecule has 13 heteroatoms. The maximum atomic E-state index is 14.0. The number of hydrogen-bond acceptors (Lipinski definition) is 5. The van der Waals surface area contributed by atoms with Crippen LogP contribution < -0.4 is 5.73 Å². The molecule has 0 aromatic heterocycles. The zero-order chi connectivity index (χ0) is 27.3. The van der Waals surface area contributed by atoms with Crippen LogP contribution in [0.3, 0.4) is 0 Å². The van der Waals surface area contributed by atoms with Crippen LogP contribution in [0.1, 0.15) is 25.8 Å². The monoisotopic (exact) mass is 570 g/mol. The van der Waals surface area contributed by atoms with Crippen molar-refractivity contribution in [2.24, 2.45) is 5.73 Å². The highest BCUT2D eigenvalue weighted by molar-refractivity contribution is 7.89. The van der Waals surface area contributed by atoms with Gasteiger partial charge < -0.3 is 15.5 Å². The summed E-state index contributed by atoms with van der Waals surface area (Å²) in [6.07, 6.45) is -0.382. The molecule has 2 heterocycles. The Morgan fingerprint density at radius 3 is 2.38 bits per heavy atom. The fraction of sp³-hybridized carbons (Fsp3) is 0.375. The lowest BCUT2D eigenvalue weighted by Crippen LogP contribution is -2.83. The molecule has 0 saturated carbocycles. The van der Waals surface area contributed by atoms with Crippen LogP contribution in [0, 0.1) is 5.82 Å². The van der Waals surface area contributed by atoms with Gasteiger partial charge in [-0.3, -0.25) is 14.4 Å². The minimum Gasteiger partial charge on any atom is -0.366 e. The first-order valence-electron chi connectivity index (χ1n) is 11.5. The summed E-state index contributed by atoms with van der Waals surface area (Å²) in [5.74, 6) is -2.68. The molecule has 2 aliphatic rings. The van der Waals surface area contributed by atoms with Gasteiger partial charge in [-0.25, -0.2) is 12.8 Å². The third kappa shape index (κ3) is 4.58. The summed E-state index contributed by atoms with van der Waals surface area (Å²) in [4.78, 5) is 42.3. The van der Waals surface area contributed by atoms with E-state index in [4.69, 9.17) is 28.9 Å². The number of hydrogen-bond donors (Lipinski definition) is 1. The Kier molecular flexibility index (Phi) is 7.28. The lowest BCUT2D eigenvalue weighted by Gasteiger charge is -2.58. The lowest BCUT2D eigenvalue weighted by atomic mass is 9.90. The van der Waals surface area contributed by atoms with Gasteiger partial charge in [0, 0.05) is 30.5 Å². The summed E-state index contributed by atoms with van der Waals surface area (Å²) in [6.45, 7) is 2.59. The summed E-state index contributed by atoms with van der Waals surface area (Å²) in [5.41, 5.74) is 4.19. The molecule has 0 spiro atoms. The van der Waals surface area contributed by atoms with Crippen molar-refractivity contribution >= 4 is 50.9 Å². The fourth-order valence-corrected chi connectivity index (χ4v) is 7.38. The van der Waals surface area contributed by atoms with E-state index in [2.05, 4.69) is 0 Å². The summed E-state index contributed by atoms with van der Waals surface area (Å²) in [5, 5.41) is 0.0312. The standard InChI is InChI=1S/C24H25Cl2FN4O5S/c1-14(2)29-13-24(23(28)34)30(37(35,36)20-8-5-16(25)12-18(20)26)10-9-21(32)31(24)19(22(29)33)11-15-3-6-17(27)7-4-15/h3-8,12,14,19H,9-11,13H2,1-2H3,(H2,28,34). The number of carbonyl (C=O) groups excluding carboxylic acids is 3. The van der Waals surface area contributed by atoms with Gasteiger partial charge >= 0.3 is 0 Å². The molecule has 2 N–H and O–H groups in total. The Bertz CT molecular complexity index is 1370. The Hall–Kier alpha value is -2.73. The first-order valence-corrected chi connectivity index (χ1v) is 13.6. The molecule has 0 bridgehead atoms. The predicted octanol–water partition coefficient (Wildman–Crippen LogP) is 2.40. The molecule has 2 fully saturated rings. The Balaban J connectivity index is 1.92. The molecule has 3 amide bonds. The van der Waals surface area contributed by atoms with Crippen LogP contribution >= 0.6 is 23.2 Å². The number of nitrogens with zero attached hydrogens (tertiary/aromatic N) is 3. The van der Waals surface area contributed by atoms with E-state index in [-0.39, 0.29) is 34.3 Å². The second kappa shape index (κ2) is 9.86. The van der Waals surface area contributed by atoms with Crippen molar-refractivity contribution in [1.82, 2.24) is 14.1 Å². The molecule has 2 unspecified atom stereocenters. The average molecular weight is 571 g/mol. The molecule has 4 rings (SSSR count). The fourth-order valence-electron chi connectivity index (χ4n) is 4.93. The van der Waals surface area contributed by atoms with Gasteiger partial charge in [-0.15, -0.1) is 0 Å². The van der Waals surface area contributed by atoms with Gasteiger partial charge in [-0.2, -0.15) is 4.31 Å². The average Bonchev–Trinajstić information content (AvgIpc) is 2.81. The van der Waals surface area contributed by atoms with E-state index in [0.717, 1.165) is 9.21 Å². The Morgan fingerprint density at radius 1 is 1.16 bits per heavy atom.